The molecule has 2 fully saturated rings. The number of benzene rings is 1. The molecule has 2 aliphatic rings. The lowest BCUT2D eigenvalue weighted by molar-refractivity contribution is 0.0774. The molecule has 6 heteroatoms. The number of hydrogen-bond donors (Lipinski definition) is 1. The van der Waals surface area contributed by atoms with E-state index in [9.17, 15) is 15.6 Å². The molecular formula is C23H24N4OS. The quantitative estimate of drug-likeness (QED) is 0.758. The van der Waals surface area contributed by atoms with Crippen LogP contribution in [0.4, 0.5) is 5.82 Å². The third-order valence-electron chi connectivity index (χ3n) is 6.22. The molecule has 2 heterocycles. The van der Waals surface area contributed by atoms with Gasteiger partial charge in [0.15, 0.2) is 0 Å². The Hall–Kier alpha value is -2.54. The predicted octanol–water partition coefficient (Wildman–Crippen LogP) is 4.03. The lowest BCUT2D eigenvalue weighted by Gasteiger charge is -2.37. The standard InChI is InChI=1S/C23H24N4OS/c1-2-17-18(12-24)21(27-11-10-23(8-9-23)20(28)14-27)26-22(19(17)13-25)29-15-16-6-4-3-5-7-16/h3-7,20,28H,2,8-11,14-15H2,1H3. The summed E-state index contributed by atoms with van der Waals surface area (Å²) in [6, 6.07) is 14.7. The molecule has 1 unspecified atom stereocenters. The van der Waals surface area contributed by atoms with Crippen molar-refractivity contribution >= 4 is 17.6 Å². The third kappa shape index (κ3) is 3.71. The molecule has 0 bridgehead atoms. The molecule has 1 atom stereocenters. The fourth-order valence-electron chi connectivity index (χ4n) is 4.20. The second kappa shape index (κ2) is 8.06. The number of rotatable bonds is 5. The molecule has 1 aliphatic carbocycles. The van der Waals surface area contributed by atoms with Crippen LogP contribution in [0.3, 0.4) is 0 Å². The molecule has 1 saturated carbocycles. The molecule has 0 radical (unpaired) electrons. The summed E-state index contributed by atoms with van der Waals surface area (Å²) in [5, 5.41) is 31.0. The molecule has 1 N–H and O–H groups in total. The number of pyridine rings is 1. The zero-order valence-corrected chi connectivity index (χ0v) is 17.4. The van der Waals surface area contributed by atoms with E-state index in [1.807, 2.05) is 30.0 Å². The SMILES string of the molecule is CCc1c(C#N)c(SCc2ccccc2)nc(N2CCC3(CC3)C(O)C2)c1C#N. The average molecular weight is 405 g/mol. The summed E-state index contributed by atoms with van der Waals surface area (Å²) in [4.78, 5) is 6.84. The number of nitrogens with zero attached hydrogens (tertiary/aromatic N) is 4. The highest BCUT2D eigenvalue weighted by molar-refractivity contribution is 7.98. The molecule has 1 aromatic carbocycles. The van der Waals surface area contributed by atoms with Gasteiger partial charge in [-0.05, 0) is 42.2 Å². The Morgan fingerprint density at radius 1 is 1.17 bits per heavy atom. The highest BCUT2D eigenvalue weighted by atomic mass is 32.2. The van der Waals surface area contributed by atoms with Gasteiger partial charge in [0.25, 0.3) is 0 Å². The first-order chi connectivity index (χ1) is 14.1. The lowest BCUT2D eigenvalue weighted by Crippen LogP contribution is -2.45. The minimum absolute atomic E-state index is 0.0916. The van der Waals surface area contributed by atoms with Gasteiger partial charge in [-0.1, -0.05) is 37.3 Å². The predicted molar refractivity (Wildman–Crippen MR) is 114 cm³/mol. The molecule has 1 spiro atoms. The molecule has 1 saturated heterocycles. The Labute approximate surface area is 176 Å². The zero-order valence-electron chi connectivity index (χ0n) is 16.6. The number of piperidine rings is 1. The molecular weight excluding hydrogens is 380 g/mol. The number of thioether (sulfide) groups is 1. The van der Waals surface area contributed by atoms with Crippen LogP contribution in [0.2, 0.25) is 0 Å². The van der Waals surface area contributed by atoms with E-state index in [1.165, 1.54) is 11.8 Å². The van der Waals surface area contributed by atoms with Crippen LogP contribution in [0.25, 0.3) is 0 Å². The van der Waals surface area contributed by atoms with Gasteiger partial charge in [-0.15, -0.1) is 11.8 Å². The summed E-state index contributed by atoms with van der Waals surface area (Å²) >= 11 is 1.53. The monoisotopic (exact) mass is 404 g/mol. The molecule has 2 aromatic rings. The van der Waals surface area contributed by atoms with Crippen molar-refractivity contribution in [2.45, 2.75) is 49.5 Å². The molecule has 0 amide bonds. The molecule has 1 aromatic heterocycles. The number of β-amino-alcohol motifs (C(OH)–C–C–N with tert-alkyl or cyclic N) is 1. The number of nitriles is 2. The maximum Gasteiger partial charge on any atom is 0.148 e. The second-order valence-electron chi connectivity index (χ2n) is 7.89. The summed E-state index contributed by atoms with van der Waals surface area (Å²) in [5.41, 5.74) is 3.00. The van der Waals surface area contributed by atoms with E-state index < -0.39 is 0 Å². The fourth-order valence-corrected chi connectivity index (χ4v) is 5.16. The Morgan fingerprint density at radius 2 is 1.90 bits per heavy atom. The minimum atomic E-state index is -0.384. The van der Waals surface area contributed by atoms with Crippen LogP contribution in [0.5, 0.6) is 0 Å². The highest BCUT2D eigenvalue weighted by Gasteiger charge is 2.51. The Balaban J connectivity index is 1.70. The summed E-state index contributed by atoms with van der Waals surface area (Å²) in [7, 11) is 0. The van der Waals surface area contributed by atoms with Crippen LogP contribution in [0, 0.1) is 28.1 Å². The van der Waals surface area contributed by atoms with Crippen molar-refractivity contribution in [3.8, 4) is 12.1 Å². The van der Waals surface area contributed by atoms with Crippen molar-refractivity contribution in [1.29, 1.82) is 10.5 Å². The van der Waals surface area contributed by atoms with E-state index >= 15 is 0 Å². The van der Waals surface area contributed by atoms with Gasteiger partial charge in [0.05, 0.1) is 17.2 Å². The molecule has 1 aliphatic heterocycles. The van der Waals surface area contributed by atoms with E-state index in [0.29, 0.717) is 40.7 Å². The number of aliphatic hydroxyl groups excluding tert-OH is 1. The van der Waals surface area contributed by atoms with Crippen molar-refractivity contribution in [3.63, 3.8) is 0 Å². The van der Waals surface area contributed by atoms with Crippen molar-refractivity contribution in [2.75, 3.05) is 18.0 Å². The maximum absolute atomic E-state index is 10.6. The maximum atomic E-state index is 10.6. The van der Waals surface area contributed by atoms with Gasteiger partial charge in [0.1, 0.15) is 23.0 Å². The first-order valence-corrected chi connectivity index (χ1v) is 11.1. The second-order valence-corrected chi connectivity index (χ2v) is 8.86. The smallest absolute Gasteiger partial charge is 0.148 e. The van der Waals surface area contributed by atoms with Crippen LogP contribution >= 0.6 is 11.8 Å². The lowest BCUT2D eigenvalue weighted by atomic mass is 9.90. The van der Waals surface area contributed by atoms with Crippen LogP contribution in [-0.2, 0) is 12.2 Å². The van der Waals surface area contributed by atoms with Crippen molar-refractivity contribution in [3.05, 3.63) is 52.6 Å². The normalized spacial score (nSPS) is 19.6. The Morgan fingerprint density at radius 3 is 2.48 bits per heavy atom. The number of aliphatic hydroxyl groups is 1. The van der Waals surface area contributed by atoms with Crippen LogP contribution in [0.1, 0.15) is 48.4 Å². The van der Waals surface area contributed by atoms with Gasteiger partial charge in [-0.25, -0.2) is 4.98 Å². The van der Waals surface area contributed by atoms with Crippen molar-refractivity contribution < 1.29 is 5.11 Å². The number of aromatic nitrogens is 1. The first-order valence-electron chi connectivity index (χ1n) is 10.1. The molecule has 29 heavy (non-hydrogen) atoms. The number of anilines is 1. The van der Waals surface area contributed by atoms with E-state index in [1.54, 1.807) is 0 Å². The minimum Gasteiger partial charge on any atom is -0.391 e. The van der Waals surface area contributed by atoms with Crippen molar-refractivity contribution in [1.82, 2.24) is 4.98 Å². The Kier molecular flexibility index (Phi) is 5.50. The first kappa shape index (κ1) is 19.8. The molecule has 148 valence electrons. The molecule has 5 nitrogen and oxygen atoms in total. The largest absolute Gasteiger partial charge is 0.391 e. The zero-order chi connectivity index (χ0) is 20.4. The highest BCUT2D eigenvalue weighted by Crippen LogP contribution is 2.54. The van der Waals surface area contributed by atoms with E-state index in [4.69, 9.17) is 4.98 Å². The van der Waals surface area contributed by atoms with Crippen LogP contribution in [0.15, 0.2) is 35.4 Å². The molecule has 4 rings (SSSR count). The topological polar surface area (TPSA) is 83.9 Å². The summed E-state index contributed by atoms with van der Waals surface area (Å²) in [6.45, 7) is 3.26. The van der Waals surface area contributed by atoms with Crippen molar-refractivity contribution in [2.24, 2.45) is 5.41 Å². The average Bonchev–Trinajstić information content (AvgIpc) is 3.54. The van der Waals surface area contributed by atoms with Gasteiger partial charge >= 0.3 is 0 Å². The van der Waals surface area contributed by atoms with Crippen LogP contribution in [-0.4, -0.2) is 29.3 Å². The number of hydrogen-bond acceptors (Lipinski definition) is 6. The Bertz CT molecular complexity index is 989. The van der Waals surface area contributed by atoms with E-state index in [-0.39, 0.29) is 11.5 Å². The van der Waals surface area contributed by atoms with Gasteiger partial charge in [-0.2, -0.15) is 10.5 Å². The van der Waals surface area contributed by atoms with Gasteiger partial charge in [0.2, 0.25) is 0 Å². The van der Waals surface area contributed by atoms with E-state index in [2.05, 4.69) is 24.3 Å². The van der Waals surface area contributed by atoms with Crippen LogP contribution < -0.4 is 4.90 Å². The van der Waals surface area contributed by atoms with Gasteiger partial charge in [-0.3, -0.25) is 0 Å². The third-order valence-corrected chi connectivity index (χ3v) is 7.26. The summed E-state index contributed by atoms with van der Waals surface area (Å²) < 4.78 is 0. The fraction of sp³-hybridized carbons (Fsp3) is 0.435. The summed E-state index contributed by atoms with van der Waals surface area (Å²) in [6.07, 6.45) is 3.32. The van der Waals surface area contributed by atoms with Gasteiger partial charge in [0, 0.05) is 18.8 Å². The van der Waals surface area contributed by atoms with Gasteiger partial charge < -0.3 is 10.0 Å². The summed E-state index contributed by atoms with van der Waals surface area (Å²) in [5.74, 6) is 1.33. The van der Waals surface area contributed by atoms with E-state index in [0.717, 1.165) is 36.9 Å².